The third kappa shape index (κ3) is 3.44. The minimum absolute atomic E-state index is 0.0630. The van der Waals surface area contributed by atoms with Crippen LogP contribution in [0.3, 0.4) is 0 Å². The fourth-order valence-electron chi connectivity index (χ4n) is 2.19. The maximum Gasteiger partial charge on any atom is 0.391 e. The number of sulfonamides is 1. The topological polar surface area (TPSA) is 88.3 Å². The summed E-state index contributed by atoms with van der Waals surface area (Å²) in [5.41, 5.74) is 2.26. The van der Waals surface area contributed by atoms with E-state index in [2.05, 4.69) is 10.4 Å². The van der Waals surface area contributed by atoms with Crippen molar-refractivity contribution in [2.75, 3.05) is 18.5 Å². The number of nitrogens with two attached hydrogens (primary N) is 1. The summed E-state index contributed by atoms with van der Waals surface area (Å²) in [5.74, 6) is 3.99. The van der Waals surface area contributed by atoms with Crippen molar-refractivity contribution in [2.45, 2.75) is 23.9 Å². The van der Waals surface area contributed by atoms with Crippen LogP contribution in [0.4, 0.5) is 19.0 Å². The second-order valence-electron chi connectivity index (χ2n) is 4.74. The number of hydrogen-bond acceptors (Lipinski definition) is 5. The van der Waals surface area contributed by atoms with E-state index in [0.717, 1.165) is 10.5 Å². The lowest BCUT2D eigenvalue weighted by atomic mass is 9.98. The average molecular weight is 324 g/mol. The Morgan fingerprint density at radius 3 is 2.33 bits per heavy atom. The summed E-state index contributed by atoms with van der Waals surface area (Å²) < 4.78 is 63.4. The standard InChI is InChI=1S/C11H15F3N4O2S/c12-11(13,14)8-3-5-18(6-4-8)21(19,20)9-1-2-10(17-15)16-7-9/h1-2,7-8H,3-6,15H2,(H,16,17). The minimum Gasteiger partial charge on any atom is -0.308 e. The molecule has 10 heteroatoms. The predicted octanol–water partition coefficient (Wildman–Crippen LogP) is 1.33. The first kappa shape index (κ1) is 16.0. The lowest BCUT2D eigenvalue weighted by Gasteiger charge is -2.32. The number of anilines is 1. The van der Waals surface area contributed by atoms with Crippen LogP contribution in [0.25, 0.3) is 0 Å². The van der Waals surface area contributed by atoms with E-state index >= 15 is 0 Å². The van der Waals surface area contributed by atoms with E-state index in [0.29, 0.717) is 5.82 Å². The van der Waals surface area contributed by atoms with E-state index in [1.54, 1.807) is 0 Å². The molecule has 0 unspecified atom stereocenters. The SMILES string of the molecule is NNc1ccc(S(=O)(=O)N2CCC(C(F)(F)F)CC2)cn1. The van der Waals surface area contributed by atoms with Crippen molar-refractivity contribution >= 4 is 15.8 Å². The Morgan fingerprint density at radius 2 is 1.90 bits per heavy atom. The van der Waals surface area contributed by atoms with Crippen LogP contribution in [0.5, 0.6) is 0 Å². The molecule has 2 rings (SSSR count). The Kier molecular flexibility index (Phi) is 4.40. The first-order valence-electron chi connectivity index (χ1n) is 6.24. The van der Waals surface area contributed by atoms with Gasteiger partial charge in [0.05, 0.1) is 5.92 Å². The smallest absolute Gasteiger partial charge is 0.308 e. The van der Waals surface area contributed by atoms with Gasteiger partial charge in [-0.25, -0.2) is 19.2 Å². The van der Waals surface area contributed by atoms with E-state index in [1.807, 2.05) is 0 Å². The quantitative estimate of drug-likeness (QED) is 0.647. The van der Waals surface area contributed by atoms with E-state index in [-0.39, 0.29) is 30.8 Å². The van der Waals surface area contributed by atoms with Gasteiger partial charge in [-0.15, -0.1) is 0 Å². The number of aromatic nitrogens is 1. The van der Waals surface area contributed by atoms with Crippen LogP contribution in [-0.4, -0.2) is 37.0 Å². The Hall–Kier alpha value is -1.39. The number of nitrogens with one attached hydrogen (secondary N) is 1. The van der Waals surface area contributed by atoms with Gasteiger partial charge in [0.15, 0.2) is 0 Å². The van der Waals surface area contributed by atoms with Crippen molar-refractivity contribution in [2.24, 2.45) is 11.8 Å². The molecular weight excluding hydrogens is 309 g/mol. The predicted molar refractivity (Wildman–Crippen MR) is 69.6 cm³/mol. The molecule has 21 heavy (non-hydrogen) atoms. The second kappa shape index (κ2) is 5.78. The number of hydrazine groups is 1. The van der Waals surface area contributed by atoms with Gasteiger partial charge in [0.2, 0.25) is 10.0 Å². The molecule has 1 aromatic rings. The lowest BCUT2D eigenvalue weighted by Crippen LogP contribution is -2.42. The monoisotopic (exact) mass is 324 g/mol. The number of piperidine rings is 1. The van der Waals surface area contributed by atoms with Crippen LogP contribution in [0.2, 0.25) is 0 Å². The molecule has 1 saturated heterocycles. The lowest BCUT2D eigenvalue weighted by molar-refractivity contribution is -0.182. The van der Waals surface area contributed by atoms with Crippen LogP contribution < -0.4 is 11.3 Å². The van der Waals surface area contributed by atoms with Crippen molar-refractivity contribution in [3.63, 3.8) is 0 Å². The average Bonchev–Trinajstić information content (AvgIpc) is 2.46. The van der Waals surface area contributed by atoms with Gasteiger partial charge in [0.1, 0.15) is 10.7 Å². The zero-order valence-corrected chi connectivity index (χ0v) is 11.8. The van der Waals surface area contributed by atoms with Crippen molar-refractivity contribution in [1.82, 2.24) is 9.29 Å². The van der Waals surface area contributed by atoms with Gasteiger partial charge in [-0.2, -0.15) is 17.5 Å². The van der Waals surface area contributed by atoms with Crippen LogP contribution >= 0.6 is 0 Å². The van der Waals surface area contributed by atoms with Gasteiger partial charge in [-0.3, -0.25) is 0 Å². The van der Waals surface area contributed by atoms with Gasteiger partial charge < -0.3 is 5.43 Å². The summed E-state index contributed by atoms with van der Waals surface area (Å²) in [6, 6.07) is 2.70. The third-order valence-electron chi connectivity index (χ3n) is 3.44. The molecule has 0 spiro atoms. The van der Waals surface area contributed by atoms with E-state index < -0.39 is 22.1 Å². The zero-order chi connectivity index (χ0) is 15.7. The van der Waals surface area contributed by atoms with Crippen molar-refractivity contribution in [3.8, 4) is 0 Å². The molecule has 0 amide bonds. The maximum absolute atomic E-state index is 12.6. The first-order chi connectivity index (χ1) is 9.75. The van der Waals surface area contributed by atoms with Crippen LogP contribution in [0, 0.1) is 5.92 Å². The summed E-state index contributed by atoms with van der Waals surface area (Å²) in [5, 5.41) is 0. The van der Waals surface area contributed by atoms with Gasteiger partial charge in [-0.05, 0) is 25.0 Å². The normalized spacial score (nSPS) is 18.7. The summed E-state index contributed by atoms with van der Waals surface area (Å²) in [4.78, 5) is 3.73. The first-order valence-corrected chi connectivity index (χ1v) is 7.68. The summed E-state index contributed by atoms with van der Waals surface area (Å²) in [6.07, 6.45) is -3.59. The highest BCUT2D eigenvalue weighted by molar-refractivity contribution is 7.89. The van der Waals surface area contributed by atoms with Crippen LogP contribution in [0.15, 0.2) is 23.2 Å². The van der Waals surface area contributed by atoms with Gasteiger partial charge in [0, 0.05) is 19.3 Å². The molecule has 1 fully saturated rings. The van der Waals surface area contributed by atoms with Gasteiger partial charge >= 0.3 is 6.18 Å². The molecular formula is C11H15F3N4O2S. The molecule has 0 aliphatic carbocycles. The van der Waals surface area contributed by atoms with E-state index in [1.165, 1.54) is 12.1 Å². The second-order valence-corrected chi connectivity index (χ2v) is 6.68. The molecule has 118 valence electrons. The Labute approximate surface area is 120 Å². The fraction of sp³-hybridized carbons (Fsp3) is 0.545. The molecule has 6 nitrogen and oxygen atoms in total. The number of halogens is 3. The number of alkyl halides is 3. The summed E-state index contributed by atoms with van der Waals surface area (Å²) >= 11 is 0. The molecule has 0 saturated carbocycles. The molecule has 3 N–H and O–H groups in total. The molecule has 0 atom stereocenters. The number of nitrogens with zero attached hydrogens (tertiary/aromatic N) is 2. The number of hydrogen-bond donors (Lipinski definition) is 2. The maximum atomic E-state index is 12.6. The van der Waals surface area contributed by atoms with Gasteiger partial charge in [0.25, 0.3) is 0 Å². The van der Waals surface area contributed by atoms with Crippen LogP contribution in [0.1, 0.15) is 12.8 Å². The van der Waals surface area contributed by atoms with Crippen molar-refractivity contribution in [1.29, 1.82) is 0 Å². The Morgan fingerprint density at radius 1 is 1.29 bits per heavy atom. The molecule has 0 bridgehead atoms. The summed E-state index contributed by atoms with van der Waals surface area (Å²) in [6.45, 7) is -0.299. The third-order valence-corrected chi connectivity index (χ3v) is 5.32. The zero-order valence-electron chi connectivity index (χ0n) is 11.0. The van der Waals surface area contributed by atoms with Crippen LogP contribution in [-0.2, 0) is 10.0 Å². The fourth-order valence-corrected chi connectivity index (χ4v) is 3.61. The minimum atomic E-state index is -4.27. The highest BCUT2D eigenvalue weighted by Crippen LogP contribution is 2.35. The molecule has 0 radical (unpaired) electrons. The highest BCUT2D eigenvalue weighted by atomic mass is 32.2. The highest BCUT2D eigenvalue weighted by Gasteiger charge is 2.43. The van der Waals surface area contributed by atoms with E-state index in [4.69, 9.17) is 5.84 Å². The number of pyridine rings is 1. The Balaban J connectivity index is 2.11. The number of nitrogen functional groups attached to an aromatic ring is 1. The largest absolute Gasteiger partial charge is 0.391 e. The van der Waals surface area contributed by atoms with E-state index in [9.17, 15) is 21.6 Å². The molecule has 1 aromatic heterocycles. The molecule has 2 heterocycles. The van der Waals surface area contributed by atoms with Crippen molar-refractivity contribution < 1.29 is 21.6 Å². The molecule has 0 aromatic carbocycles. The Bertz CT molecular complexity index is 580. The molecule has 1 aliphatic rings. The van der Waals surface area contributed by atoms with Gasteiger partial charge in [-0.1, -0.05) is 0 Å². The molecule has 1 aliphatic heterocycles. The van der Waals surface area contributed by atoms with Crippen molar-refractivity contribution in [3.05, 3.63) is 18.3 Å². The number of rotatable bonds is 3. The summed E-state index contributed by atoms with van der Waals surface area (Å²) in [7, 11) is -3.82.